The van der Waals surface area contributed by atoms with E-state index < -0.39 is 17.3 Å². The van der Waals surface area contributed by atoms with Crippen LogP contribution in [0.1, 0.15) is 53.4 Å². The predicted octanol–water partition coefficient (Wildman–Crippen LogP) is 2.20. The summed E-state index contributed by atoms with van der Waals surface area (Å²) in [6, 6.07) is 0.0265. The van der Waals surface area contributed by atoms with Gasteiger partial charge in [0, 0.05) is 6.04 Å². The zero-order valence-electron chi connectivity index (χ0n) is 10.7. The SMILES string of the molecule is CC(C)(C)OC(=O)N[C@H]1CCC[C@](C)(O)C1. The van der Waals surface area contributed by atoms with E-state index in [0.717, 1.165) is 19.3 Å². The molecular weight excluding hydrogens is 206 g/mol. The summed E-state index contributed by atoms with van der Waals surface area (Å²) >= 11 is 0. The first-order valence-electron chi connectivity index (χ1n) is 5.90. The first-order valence-corrected chi connectivity index (χ1v) is 5.90. The maximum Gasteiger partial charge on any atom is 0.407 e. The fraction of sp³-hybridized carbons (Fsp3) is 0.917. The van der Waals surface area contributed by atoms with Gasteiger partial charge in [0.25, 0.3) is 0 Å². The molecule has 0 radical (unpaired) electrons. The van der Waals surface area contributed by atoms with E-state index in [1.165, 1.54) is 0 Å². The van der Waals surface area contributed by atoms with Crippen molar-refractivity contribution in [3.8, 4) is 0 Å². The van der Waals surface area contributed by atoms with E-state index in [1.807, 2.05) is 27.7 Å². The second-order valence-corrected chi connectivity index (χ2v) is 5.94. The summed E-state index contributed by atoms with van der Waals surface area (Å²) in [5, 5.41) is 12.7. The number of amides is 1. The van der Waals surface area contributed by atoms with Crippen molar-refractivity contribution in [1.29, 1.82) is 0 Å². The molecule has 0 saturated heterocycles. The predicted molar refractivity (Wildman–Crippen MR) is 62.2 cm³/mol. The number of carbonyl (C=O) groups is 1. The van der Waals surface area contributed by atoms with Gasteiger partial charge in [0.05, 0.1) is 5.60 Å². The monoisotopic (exact) mass is 229 g/mol. The zero-order chi connectivity index (χ0) is 12.4. The minimum Gasteiger partial charge on any atom is -0.444 e. The van der Waals surface area contributed by atoms with E-state index in [0.29, 0.717) is 6.42 Å². The average molecular weight is 229 g/mol. The van der Waals surface area contributed by atoms with Crippen LogP contribution in [0.3, 0.4) is 0 Å². The minimum atomic E-state index is -0.655. The summed E-state index contributed by atoms with van der Waals surface area (Å²) in [7, 11) is 0. The third-order valence-corrected chi connectivity index (χ3v) is 2.67. The van der Waals surface area contributed by atoms with Gasteiger partial charge in [0.1, 0.15) is 5.60 Å². The second kappa shape index (κ2) is 4.62. The average Bonchev–Trinajstić information content (AvgIpc) is 1.96. The molecule has 94 valence electrons. The lowest BCUT2D eigenvalue weighted by molar-refractivity contribution is 0.00539. The molecule has 1 fully saturated rings. The van der Waals surface area contributed by atoms with Crippen LogP contribution in [0, 0.1) is 0 Å². The van der Waals surface area contributed by atoms with Crippen LogP contribution in [0.5, 0.6) is 0 Å². The molecule has 1 aliphatic carbocycles. The molecule has 0 heterocycles. The first kappa shape index (κ1) is 13.3. The zero-order valence-corrected chi connectivity index (χ0v) is 10.7. The van der Waals surface area contributed by atoms with Crippen LogP contribution in [0.2, 0.25) is 0 Å². The van der Waals surface area contributed by atoms with E-state index in [4.69, 9.17) is 4.74 Å². The molecule has 0 spiro atoms. The van der Waals surface area contributed by atoms with E-state index in [2.05, 4.69) is 5.32 Å². The van der Waals surface area contributed by atoms with Gasteiger partial charge >= 0.3 is 6.09 Å². The van der Waals surface area contributed by atoms with Gasteiger partial charge in [-0.25, -0.2) is 4.79 Å². The summed E-state index contributed by atoms with van der Waals surface area (Å²) in [5.41, 5.74) is -1.13. The van der Waals surface area contributed by atoms with Crippen molar-refractivity contribution < 1.29 is 14.6 Å². The van der Waals surface area contributed by atoms with Crippen molar-refractivity contribution in [3.05, 3.63) is 0 Å². The molecule has 2 N–H and O–H groups in total. The summed E-state index contributed by atoms with van der Waals surface area (Å²) in [5.74, 6) is 0. The normalized spacial score (nSPS) is 30.9. The smallest absolute Gasteiger partial charge is 0.407 e. The summed E-state index contributed by atoms with van der Waals surface area (Å²) in [6.45, 7) is 7.33. The lowest BCUT2D eigenvalue weighted by Gasteiger charge is -2.34. The van der Waals surface area contributed by atoms with Gasteiger partial charge in [-0.15, -0.1) is 0 Å². The van der Waals surface area contributed by atoms with Crippen molar-refractivity contribution >= 4 is 6.09 Å². The molecule has 1 saturated carbocycles. The van der Waals surface area contributed by atoms with Crippen molar-refractivity contribution in [3.63, 3.8) is 0 Å². The number of aliphatic hydroxyl groups is 1. The van der Waals surface area contributed by atoms with E-state index in [9.17, 15) is 9.90 Å². The third kappa shape index (κ3) is 4.84. The molecule has 4 nitrogen and oxygen atoms in total. The number of hydrogen-bond donors (Lipinski definition) is 2. The van der Waals surface area contributed by atoms with Crippen LogP contribution >= 0.6 is 0 Å². The van der Waals surface area contributed by atoms with Gasteiger partial charge in [0.15, 0.2) is 0 Å². The van der Waals surface area contributed by atoms with E-state index in [1.54, 1.807) is 0 Å². The molecule has 0 aliphatic heterocycles. The Hall–Kier alpha value is -0.770. The third-order valence-electron chi connectivity index (χ3n) is 2.67. The first-order chi connectivity index (χ1) is 7.18. The maximum absolute atomic E-state index is 11.5. The molecule has 1 amide bonds. The standard InChI is InChI=1S/C12H23NO3/c1-11(2,3)16-10(14)13-9-6-5-7-12(4,15)8-9/h9,15H,5-8H2,1-4H3,(H,13,14)/t9-,12-/m0/s1. The Kier molecular flexibility index (Phi) is 3.84. The van der Waals surface area contributed by atoms with Gasteiger partial charge < -0.3 is 15.2 Å². The van der Waals surface area contributed by atoms with E-state index >= 15 is 0 Å². The Morgan fingerprint density at radius 2 is 2.12 bits per heavy atom. The summed E-state index contributed by atoms with van der Waals surface area (Å²) in [6.07, 6.45) is 2.87. The molecule has 0 aromatic heterocycles. The van der Waals surface area contributed by atoms with Gasteiger partial charge in [-0.05, 0) is 53.4 Å². The second-order valence-electron chi connectivity index (χ2n) is 5.94. The lowest BCUT2D eigenvalue weighted by atomic mass is 9.83. The fourth-order valence-electron chi connectivity index (χ4n) is 2.06. The fourth-order valence-corrected chi connectivity index (χ4v) is 2.06. The Morgan fingerprint density at radius 3 is 2.62 bits per heavy atom. The molecule has 2 atom stereocenters. The largest absolute Gasteiger partial charge is 0.444 e. The molecular formula is C12H23NO3. The number of carbonyl (C=O) groups excluding carboxylic acids is 1. The highest BCUT2D eigenvalue weighted by Gasteiger charge is 2.31. The molecule has 0 aromatic carbocycles. The van der Waals surface area contributed by atoms with Gasteiger partial charge in [-0.2, -0.15) is 0 Å². The number of ether oxygens (including phenoxy) is 1. The molecule has 0 bridgehead atoms. The van der Waals surface area contributed by atoms with Crippen LogP contribution < -0.4 is 5.32 Å². The molecule has 1 aliphatic rings. The van der Waals surface area contributed by atoms with Gasteiger partial charge in [-0.3, -0.25) is 0 Å². The van der Waals surface area contributed by atoms with Crippen LogP contribution in [-0.4, -0.2) is 28.4 Å². The topological polar surface area (TPSA) is 58.6 Å². The molecule has 0 unspecified atom stereocenters. The van der Waals surface area contributed by atoms with Crippen LogP contribution in [0.4, 0.5) is 4.79 Å². The quantitative estimate of drug-likeness (QED) is 0.724. The van der Waals surface area contributed by atoms with Crippen molar-refractivity contribution in [2.75, 3.05) is 0 Å². The minimum absolute atomic E-state index is 0.0265. The molecule has 1 rings (SSSR count). The number of nitrogens with one attached hydrogen (secondary N) is 1. The van der Waals surface area contributed by atoms with Crippen LogP contribution in [-0.2, 0) is 4.74 Å². The summed E-state index contributed by atoms with van der Waals surface area (Å²) < 4.78 is 5.18. The summed E-state index contributed by atoms with van der Waals surface area (Å²) in [4.78, 5) is 11.5. The maximum atomic E-state index is 11.5. The van der Waals surface area contributed by atoms with Crippen molar-refractivity contribution in [2.45, 2.75) is 70.6 Å². The molecule has 0 aromatic rings. The lowest BCUT2D eigenvalue weighted by Crippen LogP contribution is -2.45. The Bertz CT molecular complexity index is 255. The Balaban J connectivity index is 2.40. The van der Waals surface area contributed by atoms with E-state index in [-0.39, 0.29) is 6.04 Å². The Labute approximate surface area is 97.4 Å². The van der Waals surface area contributed by atoms with Crippen molar-refractivity contribution in [2.24, 2.45) is 0 Å². The van der Waals surface area contributed by atoms with Gasteiger partial charge in [0.2, 0.25) is 0 Å². The highest BCUT2D eigenvalue weighted by atomic mass is 16.6. The van der Waals surface area contributed by atoms with Crippen LogP contribution in [0.15, 0.2) is 0 Å². The number of alkyl carbamates (subject to hydrolysis) is 1. The molecule has 16 heavy (non-hydrogen) atoms. The number of hydrogen-bond acceptors (Lipinski definition) is 3. The molecule has 4 heteroatoms. The highest BCUT2D eigenvalue weighted by Crippen LogP contribution is 2.27. The Morgan fingerprint density at radius 1 is 1.50 bits per heavy atom. The van der Waals surface area contributed by atoms with Crippen LogP contribution in [0.25, 0.3) is 0 Å². The van der Waals surface area contributed by atoms with Crippen molar-refractivity contribution in [1.82, 2.24) is 5.32 Å². The highest BCUT2D eigenvalue weighted by molar-refractivity contribution is 5.68. The number of rotatable bonds is 1. The van der Waals surface area contributed by atoms with Gasteiger partial charge in [-0.1, -0.05) is 0 Å².